The number of imidazole rings is 1. The van der Waals surface area contributed by atoms with Crippen LogP contribution in [0.5, 0.6) is 0 Å². The lowest BCUT2D eigenvalue weighted by Crippen LogP contribution is -2.08. The molecule has 3 rings (SSSR count). The first-order valence-electron chi connectivity index (χ1n) is 6.28. The lowest BCUT2D eigenvalue weighted by Gasteiger charge is -2.15. The van der Waals surface area contributed by atoms with Gasteiger partial charge in [0.15, 0.2) is 0 Å². The zero-order valence-corrected chi connectivity index (χ0v) is 12.0. The molecule has 0 fully saturated rings. The lowest BCUT2D eigenvalue weighted by molar-refractivity contribution is 0.855. The second-order valence-electron chi connectivity index (χ2n) is 4.74. The Morgan fingerprint density at radius 1 is 1.26 bits per heavy atom. The van der Waals surface area contributed by atoms with E-state index in [0.717, 1.165) is 15.8 Å². The van der Waals surface area contributed by atoms with E-state index in [1.807, 2.05) is 17.6 Å². The number of nitrogens with zero attached hydrogens (tertiary/aromatic N) is 3. The lowest BCUT2D eigenvalue weighted by atomic mass is 10.0. The molecule has 1 N–H and O–H groups in total. The van der Waals surface area contributed by atoms with Gasteiger partial charge in [0.1, 0.15) is 0 Å². The van der Waals surface area contributed by atoms with Crippen molar-refractivity contribution < 1.29 is 0 Å². The summed E-state index contributed by atoms with van der Waals surface area (Å²) in [7, 11) is 0. The molecule has 0 saturated heterocycles. The Labute approximate surface area is 116 Å². The molecule has 2 heterocycles. The summed E-state index contributed by atoms with van der Waals surface area (Å²) in [5, 5.41) is 8.83. The van der Waals surface area contributed by atoms with Gasteiger partial charge in [-0.1, -0.05) is 35.6 Å². The first-order chi connectivity index (χ1) is 9.13. The van der Waals surface area contributed by atoms with E-state index in [-0.39, 0.29) is 6.04 Å². The zero-order valence-electron chi connectivity index (χ0n) is 11.2. The number of hydrogen-bond acceptors (Lipinski definition) is 4. The fourth-order valence-corrected chi connectivity index (χ4v) is 3.12. The van der Waals surface area contributed by atoms with E-state index in [4.69, 9.17) is 0 Å². The zero-order chi connectivity index (χ0) is 13.4. The van der Waals surface area contributed by atoms with Gasteiger partial charge >= 0.3 is 0 Å². The summed E-state index contributed by atoms with van der Waals surface area (Å²) in [6, 6.07) is 8.64. The largest absolute Gasteiger partial charge is 0.354 e. The second kappa shape index (κ2) is 4.66. The molecule has 19 heavy (non-hydrogen) atoms. The van der Waals surface area contributed by atoms with Crippen LogP contribution < -0.4 is 5.32 Å². The van der Waals surface area contributed by atoms with Crippen LogP contribution in [-0.2, 0) is 0 Å². The monoisotopic (exact) mass is 272 g/mol. The molecule has 0 spiro atoms. The quantitative estimate of drug-likeness (QED) is 0.792. The van der Waals surface area contributed by atoms with Crippen LogP contribution in [-0.4, -0.2) is 14.6 Å². The maximum atomic E-state index is 4.49. The van der Waals surface area contributed by atoms with Crippen LogP contribution in [0.1, 0.15) is 29.8 Å². The Balaban J connectivity index is 1.84. The normalized spacial score (nSPS) is 12.8. The summed E-state index contributed by atoms with van der Waals surface area (Å²) in [5.41, 5.74) is 3.59. The van der Waals surface area contributed by atoms with Crippen molar-refractivity contribution in [2.45, 2.75) is 26.8 Å². The molecule has 0 aliphatic carbocycles. The minimum absolute atomic E-state index is 0.234. The number of rotatable bonds is 3. The fourth-order valence-electron chi connectivity index (χ4n) is 2.20. The molecule has 1 unspecified atom stereocenters. The molecule has 3 aromatic rings. The van der Waals surface area contributed by atoms with Crippen LogP contribution in [0, 0.1) is 13.8 Å². The third-order valence-corrected chi connectivity index (χ3v) is 4.01. The van der Waals surface area contributed by atoms with E-state index in [1.165, 1.54) is 11.1 Å². The summed E-state index contributed by atoms with van der Waals surface area (Å²) in [6.07, 6.45) is 1.94. The predicted molar refractivity (Wildman–Crippen MR) is 78.8 cm³/mol. The molecular formula is C14H16N4S. The van der Waals surface area contributed by atoms with Gasteiger partial charge in [-0.3, -0.25) is 0 Å². The molecule has 98 valence electrons. The van der Waals surface area contributed by atoms with Gasteiger partial charge in [-0.2, -0.15) is 0 Å². The van der Waals surface area contributed by atoms with Crippen molar-refractivity contribution in [1.29, 1.82) is 0 Å². The van der Waals surface area contributed by atoms with E-state index in [9.17, 15) is 0 Å². The maximum absolute atomic E-state index is 4.49. The summed E-state index contributed by atoms with van der Waals surface area (Å²) in [5.74, 6) is 0. The van der Waals surface area contributed by atoms with Crippen molar-refractivity contribution in [2.24, 2.45) is 0 Å². The highest BCUT2D eigenvalue weighted by molar-refractivity contribution is 7.20. The first-order valence-corrected chi connectivity index (χ1v) is 7.10. The fraction of sp³-hybridized carbons (Fsp3) is 0.286. The van der Waals surface area contributed by atoms with E-state index in [1.54, 1.807) is 11.3 Å². The number of aryl methyl sites for hydroxylation is 2. The van der Waals surface area contributed by atoms with Crippen LogP contribution in [0.25, 0.3) is 4.96 Å². The predicted octanol–water partition coefficient (Wildman–Crippen LogP) is 3.58. The molecule has 5 heteroatoms. The van der Waals surface area contributed by atoms with Gasteiger partial charge in [-0.15, -0.1) is 5.10 Å². The van der Waals surface area contributed by atoms with E-state index >= 15 is 0 Å². The van der Waals surface area contributed by atoms with Crippen LogP contribution in [0.3, 0.4) is 0 Å². The van der Waals surface area contributed by atoms with Gasteiger partial charge in [0, 0.05) is 0 Å². The average Bonchev–Trinajstić information content (AvgIpc) is 2.86. The van der Waals surface area contributed by atoms with Gasteiger partial charge in [-0.25, -0.2) is 9.50 Å². The molecule has 0 amide bonds. The Bertz CT molecular complexity index is 682. The van der Waals surface area contributed by atoms with Crippen LogP contribution in [0.4, 0.5) is 5.13 Å². The van der Waals surface area contributed by atoms with Crippen molar-refractivity contribution in [3.63, 3.8) is 0 Å². The molecule has 0 aliphatic rings. The van der Waals surface area contributed by atoms with E-state index in [2.05, 4.69) is 53.5 Å². The van der Waals surface area contributed by atoms with E-state index < -0.39 is 0 Å². The Hall–Kier alpha value is -1.88. The SMILES string of the molecule is Cc1cn2nc(NC(C)c3ccccc3C)sc2n1. The van der Waals surface area contributed by atoms with Gasteiger partial charge < -0.3 is 5.32 Å². The maximum Gasteiger partial charge on any atom is 0.214 e. The first kappa shape index (κ1) is 12.2. The van der Waals surface area contributed by atoms with Gasteiger partial charge in [0.25, 0.3) is 0 Å². The third-order valence-electron chi connectivity index (χ3n) is 3.16. The molecule has 0 saturated carbocycles. The standard InChI is InChI=1S/C14H16N4S/c1-9-6-4-5-7-12(9)11(3)16-13-17-18-8-10(2)15-14(18)19-13/h4-8,11H,1-3H3,(H,16,17). The highest BCUT2D eigenvalue weighted by Gasteiger charge is 2.11. The molecule has 0 aliphatic heterocycles. The topological polar surface area (TPSA) is 42.2 Å². The van der Waals surface area contributed by atoms with Crippen molar-refractivity contribution in [3.05, 3.63) is 47.3 Å². The summed E-state index contributed by atoms with van der Waals surface area (Å²) < 4.78 is 1.83. The molecule has 0 bridgehead atoms. The van der Waals surface area contributed by atoms with Crippen LogP contribution >= 0.6 is 11.3 Å². The van der Waals surface area contributed by atoms with Gasteiger partial charge in [-0.05, 0) is 31.9 Å². The van der Waals surface area contributed by atoms with Crippen LogP contribution in [0.15, 0.2) is 30.5 Å². The Morgan fingerprint density at radius 3 is 2.79 bits per heavy atom. The van der Waals surface area contributed by atoms with Crippen molar-refractivity contribution in [1.82, 2.24) is 14.6 Å². The van der Waals surface area contributed by atoms with Crippen molar-refractivity contribution >= 4 is 21.4 Å². The van der Waals surface area contributed by atoms with Crippen molar-refractivity contribution in [2.75, 3.05) is 5.32 Å². The number of aromatic nitrogens is 3. The van der Waals surface area contributed by atoms with Crippen molar-refractivity contribution in [3.8, 4) is 0 Å². The number of nitrogens with one attached hydrogen (secondary N) is 1. The second-order valence-corrected chi connectivity index (χ2v) is 5.70. The Kier molecular flexibility index (Phi) is 2.98. The molecule has 1 atom stereocenters. The van der Waals surface area contributed by atoms with Gasteiger partial charge in [0.2, 0.25) is 10.1 Å². The number of hydrogen-bond donors (Lipinski definition) is 1. The summed E-state index contributed by atoms with van der Waals surface area (Å²) >= 11 is 1.58. The molecule has 4 nitrogen and oxygen atoms in total. The van der Waals surface area contributed by atoms with E-state index in [0.29, 0.717) is 0 Å². The summed E-state index contributed by atoms with van der Waals surface area (Å²) in [4.78, 5) is 5.34. The minimum atomic E-state index is 0.234. The summed E-state index contributed by atoms with van der Waals surface area (Å²) in [6.45, 7) is 6.26. The molecule has 0 radical (unpaired) electrons. The molecule has 2 aromatic heterocycles. The smallest absolute Gasteiger partial charge is 0.214 e. The number of fused-ring (bicyclic) bond motifs is 1. The van der Waals surface area contributed by atoms with Crippen LogP contribution in [0.2, 0.25) is 0 Å². The molecular weight excluding hydrogens is 256 g/mol. The number of benzene rings is 1. The third kappa shape index (κ3) is 2.33. The van der Waals surface area contributed by atoms with Gasteiger partial charge in [0.05, 0.1) is 17.9 Å². The minimum Gasteiger partial charge on any atom is -0.354 e. The highest BCUT2D eigenvalue weighted by Crippen LogP contribution is 2.25. The average molecular weight is 272 g/mol. The number of anilines is 1. The Morgan fingerprint density at radius 2 is 2.05 bits per heavy atom. The highest BCUT2D eigenvalue weighted by atomic mass is 32.1. The molecule has 1 aromatic carbocycles.